The van der Waals surface area contributed by atoms with E-state index in [4.69, 9.17) is 20.9 Å². The quantitative estimate of drug-likeness (QED) is 0.169. The zero-order chi connectivity index (χ0) is 33.6. The lowest BCUT2D eigenvalue weighted by Crippen LogP contribution is -2.54. The molecule has 0 radical (unpaired) electrons. The van der Waals surface area contributed by atoms with Crippen LogP contribution in [0.4, 0.5) is 24.7 Å². The van der Waals surface area contributed by atoms with Gasteiger partial charge >= 0.3 is 6.18 Å². The summed E-state index contributed by atoms with van der Waals surface area (Å²) in [5.41, 5.74) is 6.47. The van der Waals surface area contributed by atoms with E-state index >= 15 is 0 Å². The number of hydrogen-bond donors (Lipinski definition) is 5. The van der Waals surface area contributed by atoms with Gasteiger partial charge in [-0.05, 0) is 49.9 Å². The standard InChI is InChI=1S/C28H29F3N10O2.CH2O2/c1-3-16-10-18(4-5-20(16)27(43)36-15(2)26(42)38-19-11-17(33)12-19)37-24-25-35-13-22(41(25)9-7-34-24)21-14-40(8-6-32)39-23(21)28(29,30)31;2-1-3/h4-5,7,9-10,13-15,17,19H,3,8,11-12,33H2,1-2H3,(H,34,37)(H,36,43)(H,38,42);1H,(H,2,3)/t15-,17?,19?;/m1./s1. The molecular formula is C29H31F3N10O4. The predicted octanol–water partition coefficient (Wildman–Crippen LogP) is 2.87. The Morgan fingerprint density at radius 1 is 1.28 bits per heavy atom. The van der Waals surface area contributed by atoms with Crippen LogP contribution >= 0.6 is 0 Å². The van der Waals surface area contributed by atoms with Crippen molar-refractivity contribution in [3.8, 4) is 17.3 Å². The van der Waals surface area contributed by atoms with Crippen LogP contribution in [0.3, 0.4) is 0 Å². The lowest BCUT2D eigenvalue weighted by atomic mass is 9.87. The molecule has 17 heteroatoms. The van der Waals surface area contributed by atoms with Crippen LogP contribution in [0.5, 0.6) is 0 Å². The van der Waals surface area contributed by atoms with Crippen molar-refractivity contribution in [3.63, 3.8) is 0 Å². The fraction of sp³-hybridized carbons (Fsp3) is 0.345. The number of nitriles is 1. The molecule has 0 bridgehead atoms. The van der Waals surface area contributed by atoms with Crippen molar-refractivity contribution >= 4 is 35.4 Å². The maximum absolute atomic E-state index is 13.7. The van der Waals surface area contributed by atoms with Crippen molar-refractivity contribution in [1.82, 2.24) is 34.8 Å². The molecule has 46 heavy (non-hydrogen) atoms. The molecule has 242 valence electrons. The minimum atomic E-state index is -4.74. The number of carbonyl (C=O) groups excluding carboxylic acids is 2. The van der Waals surface area contributed by atoms with E-state index in [1.165, 1.54) is 23.0 Å². The maximum Gasteiger partial charge on any atom is 0.435 e. The molecule has 0 aliphatic heterocycles. The van der Waals surface area contributed by atoms with Gasteiger partial charge in [0.1, 0.15) is 12.6 Å². The van der Waals surface area contributed by atoms with Gasteiger partial charge in [0.15, 0.2) is 17.2 Å². The highest BCUT2D eigenvalue weighted by Gasteiger charge is 2.38. The van der Waals surface area contributed by atoms with E-state index in [0.29, 0.717) is 36.1 Å². The number of hydrogen-bond acceptors (Lipinski definition) is 9. The highest BCUT2D eigenvalue weighted by atomic mass is 19.4. The van der Waals surface area contributed by atoms with E-state index in [1.54, 1.807) is 31.2 Å². The van der Waals surface area contributed by atoms with Gasteiger partial charge in [0.25, 0.3) is 12.4 Å². The number of halogens is 3. The minimum Gasteiger partial charge on any atom is -0.483 e. The van der Waals surface area contributed by atoms with Gasteiger partial charge in [0, 0.05) is 41.9 Å². The van der Waals surface area contributed by atoms with Crippen molar-refractivity contribution in [1.29, 1.82) is 5.26 Å². The molecule has 0 unspecified atom stereocenters. The van der Waals surface area contributed by atoms with Crippen LogP contribution < -0.4 is 21.7 Å². The Morgan fingerprint density at radius 3 is 2.63 bits per heavy atom. The summed E-state index contributed by atoms with van der Waals surface area (Å²) in [6.45, 7) is 2.91. The first-order valence-electron chi connectivity index (χ1n) is 14.1. The number of anilines is 2. The molecule has 1 aromatic carbocycles. The normalized spacial score (nSPS) is 16.3. The van der Waals surface area contributed by atoms with Crippen LogP contribution in [-0.2, 0) is 28.7 Å². The third kappa shape index (κ3) is 7.41. The predicted molar refractivity (Wildman–Crippen MR) is 159 cm³/mol. The summed E-state index contributed by atoms with van der Waals surface area (Å²) in [5, 5.41) is 28.1. The lowest BCUT2D eigenvalue weighted by molar-refractivity contribution is -0.141. The Hall–Kier alpha value is -5.50. The second-order valence-electron chi connectivity index (χ2n) is 10.4. The lowest BCUT2D eigenvalue weighted by Gasteiger charge is -2.33. The van der Waals surface area contributed by atoms with Gasteiger partial charge in [-0.15, -0.1) is 0 Å². The van der Waals surface area contributed by atoms with Crippen molar-refractivity contribution < 1.29 is 32.7 Å². The number of nitrogens with two attached hydrogens (primary N) is 1. The molecule has 1 fully saturated rings. The molecule has 0 saturated heterocycles. The van der Waals surface area contributed by atoms with Gasteiger partial charge in [-0.2, -0.15) is 23.5 Å². The number of benzene rings is 1. The third-order valence-corrected chi connectivity index (χ3v) is 7.22. The van der Waals surface area contributed by atoms with Crippen LogP contribution in [0.1, 0.15) is 48.3 Å². The van der Waals surface area contributed by atoms with E-state index in [2.05, 4.69) is 31.0 Å². The number of nitrogens with zero attached hydrogens (tertiary/aromatic N) is 6. The first-order chi connectivity index (χ1) is 21.9. The topological polar surface area (TPSA) is 205 Å². The summed E-state index contributed by atoms with van der Waals surface area (Å²) >= 11 is 0. The van der Waals surface area contributed by atoms with Crippen LogP contribution in [0, 0.1) is 11.3 Å². The van der Waals surface area contributed by atoms with Crippen LogP contribution in [0.15, 0.2) is 43.0 Å². The fourth-order valence-corrected chi connectivity index (χ4v) is 4.95. The maximum atomic E-state index is 13.7. The number of fused-ring (bicyclic) bond motifs is 1. The molecule has 1 aliphatic rings. The molecule has 1 saturated carbocycles. The average Bonchev–Trinajstić information content (AvgIpc) is 3.62. The Labute approximate surface area is 260 Å². The molecule has 3 heterocycles. The number of amides is 2. The van der Waals surface area contributed by atoms with E-state index < -0.39 is 23.8 Å². The first-order valence-corrected chi connectivity index (χ1v) is 14.1. The molecule has 1 atom stereocenters. The third-order valence-electron chi connectivity index (χ3n) is 7.22. The molecule has 3 aromatic heterocycles. The minimum absolute atomic E-state index is 0.0237. The smallest absolute Gasteiger partial charge is 0.435 e. The number of nitrogens with one attached hydrogen (secondary N) is 3. The summed E-state index contributed by atoms with van der Waals surface area (Å²) in [4.78, 5) is 42.5. The van der Waals surface area contributed by atoms with E-state index in [-0.39, 0.29) is 53.7 Å². The second-order valence-corrected chi connectivity index (χ2v) is 10.4. The van der Waals surface area contributed by atoms with Crippen LogP contribution in [0.25, 0.3) is 16.9 Å². The highest BCUT2D eigenvalue weighted by Crippen LogP contribution is 2.37. The van der Waals surface area contributed by atoms with Gasteiger partial charge in [0.05, 0.1) is 23.5 Å². The second kappa shape index (κ2) is 14.1. The number of aromatic nitrogens is 5. The molecule has 4 aromatic rings. The Balaban J connectivity index is 0.00000154. The summed E-state index contributed by atoms with van der Waals surface area (Å²) in [6, 6.07) is 6.21. The Kier molecular flexibility index (Phi) is 10.2. The number of rotatable bonds is 9. The molecule has 5 rings (SSSR count). The van der Waals surface area contributed by atoms with Gasteiger partial charge in [-0.1, -0.05) is 6.92 Å². The van der Waals surface area contributed by atoms with E-state index in [0.717, 1.165) is 10.9 Å². The number of aryl methyl sites for hydroxylation is 1. The molecule has 2 amide bonds. The van der Waals surface area contributed by atoms with Gasteiger partial charge < -0.3 is 26.8 Å². The Morgan fingerprint density at radius 2 is 2.00 bits per heavy atom. The molecule has 1 aliphatic carbocycles. The van der Waals surface area contributed by atoms with Crippen molar-refractivity contribution in [3.05, 3.63) is 59.8 Å². The van der Waals surface area contributed by atoms with Gasteiger partial charge in [-0.3, -0.25) is 23.5 Å². The zero-order valence-corrected chi connectivity index (χ0v) is 24.7. The number of carbonyl (C=O) groups is 3. The largest absolute Gasteiger partial charge is 0.483 e. The fourth-order valence-electron chi connectivity index (χ4n) is 4.95. The number of carboxylic acid groups (broad SMARTS) is 1. The molecule has 14 nitrogen and oxygen atoms in total. The van der Waals surface area contributed by atoms with Crippen molar-refractivity contribution in [2.75, 3.05) is 5.32 Å². The molecule has 6 N–H and O–H groups in total. The van der Waals surface area contributed by atoms with Gasteiger partial charge in [0.2, 0.25) is 5.91 Å². The van der Waals surface area contributed by atoms with Gasteiger partial charge in [-0.25, -0.2) is 9.97 Å². The average molecular weight is 641 g/mol. The summed E-state index contributed by atoms with van der Waals surface area (Å²) in [7, 11) is 0. The summed E-state index contributed by atoms with van der Waals surface area (Å²) in [5.74, 6) is -0.404. The van der Waals surface area contributed by atoms with Crippen LogP contribution in [0.2, 0.25) is 0 Å². The number of imidazole rings is 1. The summed E-state index contributed by atoms with van der Waals surface area (Å²) < 4.78 is 43.6. The molecule has 0 spiro atoms. The van der Waals surface area contributed by atoms with Crippen molar-refractivity contribution in [2.45, 2.75) is 64.0 Å². The van der Waals surface area contributed by atoms with Crippen molar-refractivity contribution in [2.24, 2.45) is 5.73 Å². The Bertz CT molecular complexity index is 1770. The van der Waals surface area contributed by atoms with E-state index in [9.17, 15) is 22.8 Å². The summed E-state index contributed by atoms with van der Waals surface area (Å²) in [6.07, 6.45) is 2.53. The zero-order valence-electron chi connectivity index (χ0n) is 24.7. The van der Waals surface area contributed by atoms with E-state index in [1.807, 2.05) is 6.92 Å². The highest BCUT2D eigenvalue weighted by molar-refractivity contribution is 5.99. The monoisotopic (exact) mass is 640 g/mol. The number of alkyl halides is 3. The first kappa shape index (κ1) is 33.4. The SMILES string of the molecule is CCc1cc(Nc2nccn3c(-c4cn(CC#N)nc4C(F)(F)F)cnc23)ccc1C(=O)N[C@H](C)C(=O)NC1CC(N)C1.O=CO. The van der Waals surface area contributed by atoms with Crippen LogP contribution in [-0.4, -0.2) is 65.7 Å². The molecular weight excluding hydrogens is 609 g/mol.